The van der Waals surface area contributed by atoms with Crippen LogP contribution in [0.25, 0.3) is 22.4 Å². The molecule has 1 aliphatic rings. The van der Waals surface area contributed by atoms with E-state index in [2.05, 4.69) is 69.3 Å². The second-order valence-corrected chi connectivity index (χ2v) is 7.57. The molecule has 1 aromatic heterocycles. The summed E-state index contributed by atoms with van der Waals surface area (Å²) in [5.74, 6) is 0. The molecule has 0 atom stereocenters. The molecule has 0 unspecified atom stereocenters. The van der Waals surface area contributed by atoms with Crippen LogP contribution in [0.5, 0.6) is 0 Å². The Hall–Kier alpha value is -2.41. The van der Waals surface area contributed by atoms with Crippen LogP contribution < -0.4 is 0 Å². The maximum absolute atomic E-state index is 5.23. The van der Waals surface area contributed by atoms with Crippen molar-refractivity contribution >= 4 is 0 Å². The SMILES string of the molecule is CCCc1nc(-c2ccc(C)cc2)c(-c2ccc(C)cc2)c2c1CCC2. The summed E-state index contributed by atoms with van der Waals surface area (Å²) in [6.45, 7) is 6.55. The fraction of sp³-hybridized carbons (Fsp3) is 0.320. The molecule has 0 radical (unpaired) electrons. The summed E-state index contributed by atoms with van der Waals surface area (Å²) >= 11 is 0. The zero-order valence-corrected chi connectivity index (χ0v) is 16.1. The summed E-state index contributed by atoms with van der Waals surface area (Å²) in [7, 11) is 0. The van der Waals surface area contributed by atoms with Crippen LogP contribution in [0.4, 0.5) is 0 Å². The molecule has 1 heteroatoms. The number of aromatic nitrogens is 1. The first-order chi connectivity index (χ1) is 12.7. The molecule has 4 rings (SSSR count). The minimum absolute atomic E-state index is 1.08. The Labute approximate surface area is 157 Å². The molecule has 0 spiro atoms. The quantitative estimate of drug-likeness (QED) is 0.529. The van der Waals surface area contributed by atoms with Crippen molar-refractivity contribution in [1.82, 2.24) is 4.98 Å². The highest BCUT2D eigenvalue weighted by molar-refractivity contribution is 5.85. The number of hydrogen-bond acceptors (Lipinski definition) is 1. The molecule has 0 bridgehead atoms. The number of pyridine rings is 1. The topological polar surface area (TPSA) is 12.9 Å². The number of rotatable bonds is 4. The third-order valence-electron chi connectivity index (χ3n) is 5.50. The molecule has 3 aromatic rings. The number of benzene rings is 2. The van der Waals surface area contributed by atoms with Gasteiger partial charge in [-0.25, -0.2) is 0 Å². The smallest absolute Gasteiger partial charge is 0.0786 e. The molecular formula is C25H27N. The Bertz CT molecular complexity index is 918. The van der Waals surface area contributed by atoms with Crippen LogP contribution in [-0.4, -0.2) is 4.98 Å². The predicted octanol–water partition coefficient (Wildman–Crippen LogP) is 6.47. The molecule has 26 heavy (non-hydrogen) atoms. The molecule has 1 nitrogen and oxygen atoms in total. The highest BCUT2D eigenvalue weighted by Crippen LogP contribution is 2.40. The average Bonchev–Trinajstić information content (AvgIpc) is 3.13. The van der Waals surface area contributed by atoms with E-state index < -0.39 is 0 Å². The molecule has 1 heterocycles. The third kappa shape index (κ3) is 3.07. The number of fused-ring (bicyclic) bond motifs is 1. The van der Waals surface area contributed by atoms with Gasteiger partial charge in [-0.1, -0.05) is 73.0 Å². The lowest BCUT2D eigenvalue weighted by Crippen LogP contribution is -2.04. The minimum Gasteiger partial charge on any atom is -0.252 e. The van der Waals surface area contributed by atoms with Crippen LogP contribution >= 0.6 is 0 Å². The molecule has 0 aliphatic heterocycles. The molecule has 1 aliphatic carbocycles. The van der Waals surface area contributed by atoms with Gasteiger partial charge >= 0.3 is 0 Å². The lowest BCUT2D eigenvalue weighted by molar-refractivity contribution is 0.852. The van der Waals surface area contributed by atoms with Gasteiger partial charge in [0.25, 0.3) is 0 Å². The highest BCUT2D eigenvalue weighted by Gasteiger charge is 2.24. The number of hydrogen-bond donors (Lipinski definition) is 0. The summed E-state index contributed by atoms with van der Waals surface area (Å²) < 4.78 is 0. The van der Waals surface area contributed by atoms with Crippen molar-refractivity contribution in [3.05, 3.63) is 76.5 Å². The summed E-state index contributed by atoms with van der Waals surface area (Å²) in [5.41, 5.74) is 12.1. The molecular weight excluding hydrogens is 314 g/mol. The van der Waals surface area contributed by atoms with Crippen LogP contribution in [0, 0.1) is 13.8 Å². The third-order valence-corrected chi connectivity index (χ3v) is 5.50. The molecule has 0 fully saturated rings. The molecule has 0 amide bonds. The van der Waals surface area contributed by atoms with E-state index in [1.807, 2.05) is 0 Å². The van der Waals surface area contributed by atoms with E-state index in [0.29, 0.717) is 0 Å². The maximum atomic E-state index is 5.23. The standard InChI is InChI=1S/C25H27N/c1-4-6-23-21-7-5-8-22(21)24(19-13-9-17(2)10-14-19)25(26-23)20-15-11-18(3)12-16-20/h9-16H,4-8H2,1-3H3. The largest absolute Gasteiger partial charge is 0.252 e. The monoisotopic (exact) mass is 341 g/mol. The number of nitrogens with zero attached hydrogens (tertiary/aromatic N) is 1. The van der Waals surface area contributed by atoms with Gasteiger partial charge in [-0.05, 0) is 56.2 Å². The van der Waals surface area contributed by atoms with Gasteiger partial charge in [0, 0.05) is 16.8 Å². The van der Waals surface area contributed by atoms with E-state index in [1.165, 1.54) is 58.3 Å². The van der Waals surface area contributed by atoms with Crippen molar-refractivity contribution < 1.29 is 0 Å². The molecule has 0 saturated carbocycles. The van der Waals surface area contributed by atoms with Crippen molar-refractivity contribution in [1.29, 1.82) is 0 Å². The Balaban J connectivity index is 1.99. The van der Waals surface area contributed by atoms with E-state index in [1.54, 1.807) is 5.56 Å². The van der Waals surface area contributed by atoms with E-state index in [0.717, 1.165) is 18.5 Å². The zero-order chi connectivity index (χ0) is 18.1. The van der Waals surface area contributed by atoms with Crippen LogP contribution in [0.2, 0.25) is 0 Å². The summed E-state index contributed by atoms with van der Waals surface area (Å²) in [5, 5.41) is 0. The van der Waals surface area contributed by atoms with Gasteiger partial charge in [-0.2, -0.15) is 0 Å². The highest BCUT2D eigenvalue weighted by atomic mass is 14.7. The van der Waals surface area contributed by atoms with E-state index in [-0.39, 0.29) is 0 Å². The normalized spacial score (nSPS) is 13.0. The molecule has 2 aromatic carbocycles. The van der Waals surface area contributed by atoms with Gasteiger partial charge in [0.15, 0.2) is 0 Å². The van der Waals surface area contributed by atoms with Crippen molar-refractivity contribution in [2.24, 2.45) is 0 Å². The predicted molar refractivity (Wildman–Crippen MR) is 111 cm³/mol. The van der Waals surface area contributed by atoms with Crippen LogP contribution in [0.15, 0.2) is 48.5 Å². The first-order valence-electron chi connectivity index (χ1n) is 9.86. The average molecular weight is 341 g/mol. The van der Waals surface area contributed by atoms with Gasteiger partial charge in [0.2, 0.25) is 0 Å². The van der Waals surface area contributed by atoms with Gasteiger partial charge in [-0.15, -0.1) is 0 Å². The zero-order valence-electron chi connectivity index (χ0n) is 16.1. The second-order valence-electron chi connectivity index (χ2n) is 7.57. The Morgan fingerprint density at radius 2 is 1.35 bits per heavy atom. The van der Waals surface area contributed by atoms with Gasteiger partial charge in [0.05, 0.1) is 5.69 Å². The maximum Gasteiger partial charge on any atom is 0.0786 e. The summed E-state index contributed by atoms with van der Waals surface area (Å²) in [6, 6.07) is 17.8. The van der Waals surface area contributed by atoms with Gasteiger partial charge in [-0.3, -0.25) is 4.98 Å². The van der Waals surface area contributed by atoms with Gasteiger partial charge < -0.3 is 0 Å². The van der Waals surface area contributed by atoms with Crippen molar-refractivity contribution in [3.8, 4) is 22.4 Å². The van der Waals surface area contributed by atoms with Gasteiger partial charge in [0.1, 0.15) is 0 Å². The molecule has 132 valence electrons. The van der Waals surface area contributed by atoms with Crippen LogP contribution in [-0.2, 0) is 19.3 Å². The summed E-state index contributed by atoms with van der Waals surface area (Å²) in [6.07, 6.45) is 5.84. The van der Waals surface area contributed by atoms with E-state index in [9.17, 15) is 0 Å². The van der Waals surface area contributed by atoms with E-state index >= 15 is 0 Å². The minimum atomic E-state index is 1.08. The Morgan fingerprint density at radius 1 is 0.769 bits per heavy atom. The lowest BCUT2D eigenvalue weighted by atomic mass is 9.90. The molecule has 0 N–H and O–H groups in total. The van der Waals surface area contributed by atoms with Crippen molar-refractivity contribution in [2.45, 2.75) is 52.9 Å². The Kier molecular flexibility index (Phi) is 4.63. The number of aryl methyl sites for hydroxylation is 3. The molecule has 0 saturated heterocycles. The van der Waals surface area contributed by atoms with Crippen LogP contribution in [0.1, 0.15) is 47.7 Å². The van der Waals surface area contributed by atoms with Crippen LogP contribution in [0.3, 0.4) is 0 Å². The fourth-order valence-electron chi connectivity index (χ4n) is 4.13. The first-order valence-corrected chi connectivity index (χ1v) is 9.86. The van der Waals surface area contributed by atoms with Crippen molar-refractivity contribution in [3.63, 3.8) is 0 Å². The first kappa shape index (κ1) is 17.0. The fourth-order valence-corrected chi connectivity index (χ4v) is 4.13. The second kappa shape index (κ2) is 7.07. The van der Waals surface area contributed by atoms with Crippen molar-refractivity contribution in [2.75, 3.05) is 0 Å². The van der Waals surface area contributed by atoms with E-state index in [4.69, 9.17) is 4.98 Å². The Morgan fingerprint density at radius 3 is 1.96 bits per heavy atom. The summed E-state index contributed by atoms with van der Waals surface area (Å²) in [4.78, 5) is 5.23. The lowest BCUT2D eigenvalue weighted by Gasteiger charge is -2.18.